The predicted octanol–water partition coefficient (Wildman–Crippen LogP) is 2.29. The van der Waals surface area contributed by atoms with E-state index in [9.17, 15) is 27.6 Å². The minimum atomic E-state index is -4.50. The first-order valence-corrected chi connectivity index (χ1v) is 11.8. The number of aryl methyl sites for hydroxylation is 1. The smallest absolute Gasteiger partial charge is 0.354 e. The maximum atomic E-state index is 13.7. The summed E-state index contributed by atoms with van der Waals surface area (Å²) in [5.74, 6) is -3.34. The summed E-state index contributed by atoms with van der Waals surface area (Å²) in [5, 5.41) is 3.21. The van der Waals surface area contributed by atoms with E-state index in [2.05, 4.69) is 10.3 Å². The maximum Gasteiger partial charge on any atom is 0.393 e. The molecule has 3 amide bonds. The first kappa shape index (κ1) is 25.3. The Balaban J connectivity index is 1.75. The van der Waals surface area contributed by atoms with E-state index in [0.717, 1.165) is 0 Å². The van der Waals surface area contributed by atoms with Crippen LogP contribution >= 0.6 is 11.3 Å². The molecule has 3 atom stereocenters. The maximum absolute atomic E-state index is 13.7. The van der Waals surface area contributed by atoms with Crippen LogP contribution in [0.25, 0.3) is 0 Å². The van der Waals surface area contributed by atoms with Crippen LogP contribution in [0.5, 0.6) is 0 Å². The van der Waals surface area contributed by atoms with Gasteiger partial charge in [-0.3, -0.25) is 14.4 Å². The van der Waals surface area contributed by atoms with Crippen molar-refractivity contribution in [3.8, 4) is 0 Å². The largest absolute Gasteiger partial charge is 0.393 e. The van der Waals surface area contributed by atoms with Gasteiger partial charge in [-0.15, -0.1) is 0 Å². The Bertz CT molecular complexity index is 904. The second-order valence-electron chi connectivity index (χ2n) is 8.91. The number of hydrogen-bond donors (Lipinski definition) is 1. The molecule has 0 spiro atoms. The summed E-state index contributed by atoms with van der Waals surface area (Å²) in [7, 11) is 3.59. The molecule has 3 heterocycles. The first-order valence-electron chi connectivity index (χ1n) is 10.9. The Kier molecular flexibility index (Phi) is 7.55. The number of piperidine rings is 2. The lowest BCUT2D eigenvalue weighted by atomic mass is 9.89. The summed E-state index contributed by atoms with van der Waals surface area (Å²) in [6, 6.07) is -1.25. The van der Waals surface area contributed by atoms with Crippen molar-refractivity contribution in [2.75, 3.05) is 45.2 Å². The Morgan fingerprint density at radius 1 is 1.12 bits per heavy atom. The summed E-state index contributed by atoms with van der Waals surface area (Å²) < 4.78 is 41.2. The lowest BCUT2D eigenvalue weighted by Gasteiger charge is -2.40. The van der Waals surface area contributed by atoms with Gasteiger partial charge in [0.2, 0.25) is 11.8 Å². The number of hydrogen-bond acceptors (Lipinski definition) is 6. The Morgan fingerprint density at radius 2 is 1.82 bits per heavy atom. The van der Waals surface area contributed by atoms with Crippen LogP contribution in [0.3, 0.4) is 0 Å². The highest BCUT2D eigenvalue weighted by Crippen LogP contribution is 2.36. The average Bonchev–Trinajstić information content (AvgIpc) is 3.14. The molecule has 1 aromatic rings. The van der Waals surface area contributed by atoms with E-state index < -0.39 is 30.0 Å². The van der Waals surface area contributed by atoms with Crippen LogP contribution in [-0.2, 0) is 9.59 Å². The number of rotatable bonds is 4. The molecule has 2 fully saturated rings. The fraction of sp³-hybridized carbons (Fsp3) is 0.714. The number of nitrogens with zero attached hydrogens (tertiary/aromatic N) is 4. The van der Waals surface area contributed by atoms with Crippen LogP contribution in [0.15, 0.2) is 0 Å². The molecule has 0 aliphatic carbocycles. The number of alkyl halides is 3. The third kappa shape index (κ3) is 5.77. The van der Waals surface area contributed by atoms with Crippen LogP contribution in [0.1, 0.15) is 41.6 Å². The molecule has 0 saturated carbocycles. The van der Waals surface area contributed by atoms with Gasteiger partial charge in [0.25, 0.3) is 5.91 Å². The van der Waals surface area contributed by atoms with Crippen molar-refractivity contribution in [1.82, 2.24) is 20.1 Å². The molecule has 2 saturated heterocycles. The number of likely N-dealkylation sites (tertiary alicyclic amines) is 2. The van der Waals surface area contributed by atoms with Crippen LogP contribution in [0, 0.1) is 18.8 Å². The van der Waals surface area contributed by atoms with Crippen molar-refractivity contribution in [2.24, 2.45) is 11.8 Å². The molecular formula is C21H30F3N5O3S. The summed E-state index contributed by atoms with van der Waals surface area (Å²) in [6.07, 6.45) is -3.66. The fourth-order valence-corrected chi connectivity index (χ4v) is 5.33. The number of amides is 3. The van der Waals surface area contributed by atoms with Crippen molar-refractivity contribution in [2.45, 2.75) is 45.3 Å². The average molecular weight is 490 g/mol. The first-order chi connectivity index (χ1) is 15.4. The topological polar surface area (TPSA) is 85.8 Å². The monoisotopic (exact) mass is 489 g/mol. The Labute approximate surface area is 195 Å². The molecule has 184 valence electrons. The number of anilines is 1. The quantitative estimate of drug-likeness (QED) is 0.702. The Hall–Kier alpha value is -2.37. The minimum Gasteiger partial charge on any atom is -0.354 e. The zero-order chi connectivity index (χ0) is 24.5. The van der Waals surface area contributed by atoms with Gasteiger partial charge in [-0.05, 0) is 26.2 Å². The minimum absolute atomic E-state index is 0.0500. The van der Waals surface area contributed by atoms with Crippen molar-refractivity contribution >= 4 is 34.2 Å². The molecule has 2 aliphatic rings. The van der Waals surface area contributed by atoms with Crippen molar-refractivity contribution in [3.63, 3.8) is 0 Å². The van der Waals surface area contributed by atoms with Gasteiger partial charge in [-0.25, -0.2) is 4.98 Å². The van der Waals surface area contributed by atoms with Crippen molar-refractivity contribution < 1.29 is 27.6 Å². The lowest BCUT2D eigenvalue weighted by Crippen LogP contribution is -2.59. The summed E-state index contributed by atoms with van der Waals surface area (Å²) >= 11 is 1.19. The molecule has 33 heavy (non-hydrogen) atoms. The van der Waals surface area contributed by atoms with E-state index in [1.165, 1.54) is 23.2 Å². The van der Waals surface area contributed by atoms with Gasteiger partial charge in [-0.2, -0.15) is 13.2 Å². The molecule has 1 N–H and O–H groups in total. The zero-order valence-electron chi connectivity index (χ0n) is 19.2. The summed E-state index contributed by atoms with van der Waals surface area (Å²) in [4.78, 5) is 47.0. The third-order valence-corrected chi connectivity index (χ3v) is 7.56. The second kappa shape index (κ2) is 9.86. The number of halogens is 3. The molecule has 8 nitrogen and oxygen atoms in total. The van der Waals surface area contributed by atoms with Gasteiger partial charge in [0.15, 0.2) is 5.13 Å². The highest BCUT2D eigenvalue weighted by atomic mass is 32.1. The van der Waals surface area contributed by atoms with Gasteiger partial charge >= 0.3 is 6.18 Å². The number of nitrogens with one attached hydrogen (secondary N) is 1. The zero-order valence-corrected chi connectivity index (χ0v) is 20.1. The fourth-order valence-electron chi connectivity index (χ4n) is 4.37. The molecule has 3 rings (SSSR count). The molecular weight excluding hydrogens is 459 g/mol. The highest BCUT2D eigenvalue weighted by molar-refractivity contribution is 7.17. The molecule has 1 aromatic heterocycles. The molecule has 0 radical (unpaired) electrons. The van der Waals surface area contributed by atoms with Gasteiger partial charge in [0.05, 0.1) is 23.6 Å². The molecule has 12 heteroatoms. The number of carbonyl (C=O) groups is 3. The molecule has 0 aromatic carbocycles. The molecule has 3 unspecified atom stereocenters. The standard InChI is InChI=1S/C21H30F3N5O3S/c1-12-17(33-20(25-12)27(3)4)19(32)29-9-7-15(21(22,23)24)16(11-29)26-18(31)14-6-5-8-28(10-14)13(2)30/h14-16H,5-11H2,1-4H3,(H,26,31). The van der Waals surface area contributed by atoms with Crippen LogP contribution in [-0.4, -0.2) is 85.0 Å². The van der Waals surface area contributed by atoms with Crippen LogP contribution in [0.4, 0.5) is 18.3 Å². The predicted molar refractivity (Wildman–Crippen MR) is 118 cm³/mol. The van der Waals surface area contributed by atoms with E-state index in [0.29, 0.717) is 35.1 Å². The second-order valence-corrected chi connectivity index (χ2v) is 9.89. The Morgan fingerprint density at radius 3 is 2.39 bits per heavy atom. The van der Waals surface area contributed by atoms with E-state index in [-0.39, 0.29) is 37.9 Å². The molecule has 2 aliphatic heterocycles. The summed E-state index contributed by atoms with van der Waals surface area (Å²) in [6.45, 7) is 3.56. The highest BCUT2D eigenvalue weighted by Gasteiger charge is 2.49. The van der Waals surface area contributed by atoms with Crippen LogP contribution in [0.2, 0.25) is 0 Å². The van der Waals surface area contributed by atoms with E-state index in [4.69, 9.17) is 0 Å². The number of aromatic nitrogens is 1. The van der Waals surface area contributed by atoms with Crippen LogP contribution < -0.4 is 10.2 Å². The van der Waals surface area contributed by atoms with E-state index in [1.54, 1.807) is 30.8 Å². The SMILES string of the molecule is CC(=O)N1CCCC(C(=O)NC2CN(C(=O)c3sc(N(C)C)nc3C)CCC2C(F)(F)F)C1. The molecule has 0 bridgehead atoms. The number of thiazole rings is 1. The van der Waals surface area contributed by atoms with Crippen molar-refractivity contribution in [3.05, 3.63) is 10.6 Å². The van der Waals surface area contributed by atoms with Gasteiger partial charge < -0.3 is 20.0 Å². The third-order valence-electron chi connectivity index (χ3n) is 6.25. The van der Waals surface area contributed by atoms with Gasteiger partial charge in [-0.1, -0.05) is 11.3 Å². The van der Waals surface area contributed by atoms with Crippen molar-refractivity contribution in [1.29, 1.82) is 0 Å². The summed E-state index contributed by atoms with van der Waals surface area (Å²) in [5.41, 5.74) is 0.527. The van der Waals surface area contributed by atoms with E-state index >= 15 is 0 Å². The van der Waals surface area contributed by atoms with Gasteiger partial charge in [0, 0.05) is 47.2 Å². The van der Waals surface area contributed by atoms with Gasteiger partial charge in [0.1, 0.15) is 4.88 Å². The van der Waals surface area contributed by atoms with E-state index in [1.807, 2.05) is 0 Å². The number of carbonyl (C=O) groups excluding carboxylic acids is 3. The lowest BCUT2D eigenvalue weighted by molar-refractivity contribution is -0.191. The normalized spacial score (nSPS) is 23.9.